The lowest BCUT2D eigenvalue weighted by atomic mass is 9.96. The van der Waals surface area contributed by atoms with Crippen LogP contribution in [0.4, 0.5) is 34.1 Å². The summed E-state index contributed by atoms with van der Waals surface area (Å²) in [6, 6.07) is 155. The maximum atomic E-state index is 7.21. The van der Waals surface area contributed by atoms with Crippen LogP contribution in [0.3, 0.4) is 0 Å². The first-order valence-electron chi connectivity index (χ1n) is 40.4. The first-order chi connectivity index (χ1) is 58.5. The summed E-state index contributed by atoms with van der Waals surface area (Å²) in [6.07, 6.45) is 0. The summed E-state index contributed by atoms with van der Waals surface area (Å²) < 4.78 is 18.9. The standard InChI is InChI=1S/C112H70N4O2/c1-3-25-76-64-79(51-48-71(76)22-1)73-54-59-85(60-55-73)113(87-31-18-28-83(67-87)89-37-20-46-107-109(89)95-61-56-74-24-5-6-33-91(74)111(95)117-107)103-42-13-15-44-105(103)116-101-41-12-9-36-94(101)98-70-82(58-63-102(98)116)81-53-50-75-57-62-96-110-90(38-21-47-108(110)118-112(96)97(75)69-81)84-29-19-32-88(68-84)114(86-30-17-27-78(66-86)80-52-49-72-23-2-4-26-77(72)65-80)104-43-14-16-45-106(104)115-99-39-10-7-34-92(99)93-35-8-11-40-100(93)115/h1-70H. The first kappa shape index (κ1) is 66.8. The van der Waals surface area contributed by atoms with Crippen molar-refractivity contribution in [3.63, 3.8) is 0 Å². The van der Waals surface area contributed by atoms with E-state index in [9.17, 15) is 0 Å². The molecule has 6 heteroatoms. The molecule has 0 aliphatic rings. The van der Waals surface area contributed by atoms with Gasteiger partial charge in [-0.05, 0) is 234 Å². The predicted octanol–water partition coefficient (Wildman–Crippen LogP) is 31.6. The van der Waals surface area contributed by atoms with Gasteiger partial charge in [0.05, 0.1) is 44.8 Å². The van der Waals surface area contributed by atoms with E-state index in [1.54, 1.807) is 0 Å². The van der Waals surface area contributed by atoms with Crippen molar-refractivity contribution in [2.75, 3.05) is 9.80 Å². The Morgan fingerprint density at radius 2 is 0.542 bits per heavy atom. The van der Waals surface area contributed by atoms with E-state index in [0.717, 1.165) is 194 Å². The largest absolute Gasteiger partial charge is 0.455 e. The third-order valence-corrected chi connectivity index (χ3v) is 24.4. The summed E-state index contributed by atoms with van der Waals surface area (Å²) in [6.45, 7) is 0. The Bertz CT molecular complexity index is 8180. The molecule has 0 aliphatic carbocycles. The van der Waals surface area contributed by atoms with Gasteiger partial charge in [-0.15, -0.1) is 0 Å². The third kappa shape index (κ3) is 10.8. The molecule has 24 aromatic rings. The van der Waals surface area contributed by atoms with Crippen molar-refractivity contribution in [1.29, 1.82) is 0 Å². The Balaban J connectivity index is 0.621. The molecule has 0 bridgehead atoms. The fourth-order valence-corrected chi connectivity index (χ4v) is 18.9. The number of hydrogen-bond acceptors (Lipinski definition) is 4. The molecular weight excluding hydrogens is 1430 g/mol. The second-order valence-corrected chi connectivity index (χ2v) is 31.0. The van der Waals surface area contributed by atoms with E-state index in [4.69, 9.17) is 8.83 Å². The van der Waals surface area contributed by atoms with Crippen molar-refractivity contribution in [3.05, 3.63) is 425 Å². The van der Waals surface area contributed by atoms with Crippen LogP contribution in [-0.2, 0) is 0 Å². The summed E-state index contributed by atoms with van der Waals surface area (Å²) in [5, 5.41) is 18.4. The van der Waals surface area contributed by atoms with Gasteiger partial charge >= 0.3 is 0 Å². The van der Waals surface area contributed by atoms with Gasteiger partial charge in [-0.1, -0.05) is 279 Å². The molecule has 4 heterocycles. The van der Waals surface area contributed by atoms with Crippen LogP contribution in [0.1, 0.15) is 0 Å². The van der Waals surface area contributed by atoms with Crippen molar-refractivity contribution in [3.8, 4) is 67.0 Å². The number of aromatic nitrogens is 2. The smallest absolute Gasteiger partial charge is 0.143 e. The molecular formula is C112H70N4O2. The number of rotatable bonds is 13. The summed E-state index contributed by atoms with van der Waals surface area (Å²) in [7, 11) is 0. The molecule has 0 radical (unpaired) electrons. The molecule has 0 saturated heterocycles. The SMILES string of the molecule is c1cc(-c2ccc3ccccc3c2)cc(N(c2cccc(-c3cccc4oc5c6cc(-c7ccc8c(c7)c7ccccc7n8-c7ccccc7N(c7ccc(-c8ccc9ccccc9c8)cc7)c7cccc(-c8cccc9oc%10c%11ccccc%11ccc%10c89)c7)ccc6ccc5c34)c2)c2ccccc2-n2c3ccccc3c3ccccc32)c1. The van der Waals surface area contributed by atoms with Gasteiger partial charge in [0.2, 0.25) is 0 Å². The van der Waals surface area contributed by atoms with E-state index in [2.05, 4.69) is 444 Å². The van der Waals surface area contributed by atoms with E-state index in [0.29, 0.717) is 0 Å². The molecule has 24 rings (SSSR count). The van der Waals surface area contributed by atoms with Gasteiger partial charge in [-0.25, -0.2) is 0 Å². The minimum Gasteiger partial charge on any atom is -0.455 e. The lowest BCUT2D eigenvalue weighted by molar-refractivity contribution is 0.672. The maximum absolute atomic E-state index is 7.21. The summed E-state index contributed by atoms with van der Waals surface area (Å²) in [5.41, 5.74) is 27.5. The van der Waals surface area contributed by atoms with Crippen LogP contribution in [0.2, 0.25) is 0 Å². The second-order valence-electron chi connectivity index (χ2n) is 31.0. The van der Waals surface area contributed by atoms with Gasteiger partial charge in [-0.3, -0.25) is 0 Å². The number of nitrogens with zero attached hydrogens (tertiary/aromatic N) is 4. The fraction of sp³-hybridized carbons (Fsp3) is 0. The molecule has 20 aromatic carbocycles. The third-order valence-electron chi connectivity index (χ3n) is 24.4. The normalized spacial score (nSPS) is 11.9. The van der Waals surface area contributed by atoms with Crippen LogP contribution in [0.25, 0.3) is 198 Å². The Hall–Kier alpha value is -15.8. The van der Waals surface area contributed by atoms with Crippen molar-refractivity contribution in [2.45, 2.75) is 0 Å². The molecule has 550 valence electrons. The summed E-state index contributed by atoms with van der Waals surface area (Å²) in [5.74, 6) is 0. The van der Waals surface area contributed by atoms with Crippen molar-refractivity contribution < 1.29 is 8.83 Å². The Labute approximate surface area is 679 Å². The zero-order chi connectivity index (χ0) is 77.5. The van der Waals surface area contributed by atoms with Crippen LogP contribution in [0.5, 0.6) is 0 Å². The minimum atomic E-state index is 0.834. The molecule has 0 N–H and O–H groups in total. The Morgan fingerprint density at radius 1 is 0.186 bits per heavy atom. The highest BCUT2D eigenvalue weighted by Gasteiger charge is 2.27. The molecule has 6 nitrogen and oxygen atoms in total. The van der Waals surface area contributed by atoms with Gasteiger partial charge in [-0.2, -0.15) is 0 Å². The van der Waals surface area contributed by atoms with Crippen LogP contribution in [-0.4, -0.2) is 9.13 Å². The minimum absolute atomic E-state index is 0.834. The highest BCUT2D eigenvalue weighted by molar-refractivity contribution is 6.22. The van der Waals surface area contributed by atoms with Crippen LogP contribution < -0.4 is 9.80 Å². The van der Waals surface area contributed by atoms with Gasteiger partial charge in [0.15, 0.2) is 0 Å². The highest BCUT2D eigenvalue weighted by Crippen LogP contribution is 2.50. The van der Waals surface area contributed by atoms with Gasteiger partial charge < -0.3 is 27.8 Å². The quantitative estimate of drug-likeness (QED) is 0.115. The van der Waals surface area contributed by atoms with Gasteiger partial charge in [0, 0.05) is 76.6 Å². The molecule has 0 saturated carbocycles. The van der Waals surface area contributed by atoms with E-state index in [1.807, 2.05) is 0 Å². The van der Waals surface area contributed by atoms with Gasteiger partial charge in [0.25, 0.3) is 0 Å². The van der Waals surface area contributed by atoms with Crippen LogP contribution in [0, 0.1) is 0 Å². The van der Waals surface area contributed by atoms with E-state index < -0.39 is 0 Å². The van der Waals surface area contributed by atoms with Gasteiger partial charge in [0.1, 0.15) is 22.3 Å². The van der Waals surface area contributed by atoms with Crippen LogP contribution >= 0.6 is 0 Å². The molecule has 118 heavy (non-hydrogen) atoms. The molecule has 0 unspecified atom stereocenters. The molecule has 0 atom stereocenters. The number of fused-ring (bicyclic) bond motifs is 18. The van der Waals surface area contributed by atoms with Crippen molar-refractivity contribution in [2.24, 2.45) is 0 Å². The second kappa shape index (κ2) is 27.0. The lowest BCUT2D eigenvalue weighted by Gasteiger charge is -2.29. The molecule has 0 spiro atoms. The molecule has 4 aromatic heterocycles. The topological polar surface area (TPSA) is 42.6 Å². The zero-order valence-corrected chi connectivity index (χ0v) is 64.0. The average molecular weight is 1500 g/mol. The van der Waals surface area contributed by atoms with Crippen LogP contribution in [0.15, 0.2) is 433 Å². The predicted molar refractivity (Wildman–Crippen MR) is 496 cm³/mol. The molecule has 0 aliphatic heterocycles. The molecule has 0 fully saturated rings. The zero-order valence-electron chi connectivity index (χ0n) is 64.0. The van der Waals surface area contributed by atoms with Crippen molar-refractivity contribution >= 4 is 165 Å². The number of hydrogen-bond donors (Lipinski definition) is 0. The highest BCUT2D eigenvalue weighted by atomic mass is 16.3. The fourth-order valence-electron chi connectivity index (χ4n) is 18.9. The maximum Gasteiger partial charge on any atom is 0.143 e. The number of para-hydroxylation sites is 7. The molecule has 0 amide bonds. The Morgan fingerprint density at radius 3 is 1.09 bits per heavy atom. The monoisotopic (exact) mass is 1500 g/mol. The van der Waals surface area contributed by atoms with E-state index in [1.165, 1.54) is 37.9 Å². The summed E-state index contributed by atoms with van der Waals surface area (Å²) >= 11 is 0. The van der Waals surface area contributed by atoms with Crippen molar-refractivity contribution in [1.82, 2.24) is 9.13 Å². The average Bonchev–Trinajstić information content (AvgIpc) is 1.57. The first-order valence-corrected chi connectivity index (χ1v) is 40.4. The van der Waals surface area contributed by atoms with E-state index in [-0.39, 0.29) is 0 Å². The summed E-state index contributed by atoms with van der Waals surface area (Å²) in [4.78, 5) is 4.88. The number of anilines is 6. The van der Waals surface area contributed by atoms with E-state index >= 15 is 0 Å². The Kier molecular flexibility index (Phi) is 15.3. The lowest BCUT2D eigenvalue weighted by Crippen LogP contribution is -2.13. The number of benzene rings is 20. The number of furan rings is 2.